The second-order valence-electron chi connectivity index (χ2n) is 5.42. The molecule has 0 bridgehead atoms. The number of rotatable bonds is 4. The first kappa shape index (κ1) is 14.4. The summed E-state index contributed by atoms with van der Waals surface area (Å²) in [5.41, 5.74) is 4.35. The van der Waals surface area contributed by atoms with Gasteiger partial charge in [0.15, 0.2) is 0 Å². The average molecular weight is 317 g/mol. The van der Waals surface area contributed by atoms with E-state index in [1.165, 1.54) is 0 Å². The molecule has 5 nitrogen and oxygen atoms in total. The zero-order valence-electron chi connectivity index (χ0n) is 13.1. The van der Waals surface area contributed by atoms with Crippen LogP contribution in [0.25, 0.3) is 22.3 Å². The van der Waals surface area contributed by atoms with Gasteiger partial charge in [-0.2, -0.15) is 0 Å². The predicted molar refractivity (Wildman–Crippen MR) is 90.5 cm³/mol. The molecular weight excluding hydrogens is 302 g/mol. The molecule has 0 N–H and O–H groups in total. The van der Waals surface area contributed by atoms with Gasteiger partial charge in [-0.1, -0.05) is 47.6 Å². The van der Waals surface area contributed by atoms with Crippen molar-refractivity contribution >= 4 is 11.0 Å². The normalized spacial score (nSPS) is 10.9. The summed E-state index contributed by atoms with van der Waals surface area (Å²) in [5.74, 6) is 1.22. The van der Waals surface area contributed by atoms with Gasteiger partial charge >= 0.3 is 0 Å². The monoisotopic (exact) mass is 317 g/mol. The molecule has 4 aromatic rings. The predicted octanol–water partition coefficient (Wildman–Crippen LogP) is 4.17. The summed E-state index contributed by atoms with van der Waals surface area (Å²) in [6.07, 6.45) is 1.63. The molecule has 0 atom stereocenters. The molecule has 0 aliphatic carbocycles. The molecule has 0 aliphatic rings. The first-order valence-electron chi connectivity index (χ1n) is 7.66. The summed E-state index contributed by atoms with van der Waals surface area (Å²) < 4.78 is 11.2. The lowest BCUT2D eigenvalue weighted by molar-refractivity contribution is 0.290. The third kappa shape index (κ3) is 2.72. The summed E-state index contributed by atoms with van der Waals surface area (Å²) in [7, 11) is 0. The number of ether oxygens (including phenoxy) is 1. The van der Waals surface area contributed by atoms with Crippen LogP contribution < -0.4 is 4.74 Å². The van der Waals surface area contributed by atoms with Crippen LogP contribution in [0.3, 0.4) is 0 Å². The van der Waals surface area contributed by atoms with Gasteiger partial charge in [0.25, 0.3) is 0 Å². The third-order valence-corrected chi connectivity index (χ3v) is 3.82. The minimum absolute atomic E-state index is 0.326. The van der Waals surface area contributed by atoms with Crippen LogP contribution in [-0.2, 0) is 6.61 Å². The number of nitrogens with zero attached hydrogens (tertiary/aromatic N) is 3. The van der Waals surface area contributed by atoms with Gasteiger partial charge in [0.2, 0.25) is 5.88 Å². The molecule has 5 heteroatoms. The molecule has 0 amide bonds. The number of fused-ring (bicyclic) bond motifs is 1. The second kappa shape index (κ2) is 6.12. The number of aryl methyl sites for hydroxylation is 1. The third-order valence-electron chi connectivity index (χ3n) is 3.82. The second-order valence-corrected chi connectivity index (χ2v) is 5.42. The smallest absolute Gasteiger partial charge is 0.233 e. The highest BCUT2D eigenvalue weighted by atomic mass is 16.5. The minimum atomic E-state index is 0.326. The fraction of sp³-hybridized carbons (Fsp3) is 0.105. The van der Waals surface area contributed by atoms with E-state index in [1.54, 1.807) is 6.20 Å². The van der Waals surface area contributed by atoms with Crippen molar-refractivity contribution in [1.29, 1.82) is 0 Å². The highest BCUT2D eigenvalue weighted by Crippen LogP contribution is 2.26. The fourth-order valence-electron chi connectivity index (χ4n) is 2.54. The molecule has 0 saturated heterocycles. The van der Waals surface area contributed by atoms with Gasteiger partial charge in [-0.25, -0.2) is 9.97 Å². The largest absolute Gasteiger partial charge is 0.471 e. The van der Waals surface area contributed by atoms with Gasteiger partial charge in [-0.15, -0.1) is 0 Å². The van der Waals surface area contributed by atoms with Crippen LogP contribution in [0, 0.1) is 6.92 Å². The standard InChI is InChI=1S/C19H15N3O2/c1-13-15(19(22-24-13)14-7-3-2-4-8-14)12-23-18-11-20-16-9-5-6-10-17(16)21-18/h2-11H,12H2,1H3. The molecule has 118 valence electrons. The molecule has 24 heavy (non-hydrogen) atoms. The maximum absolute atomic E-state index is 5.83. The van der Waals surface area contributed by atoms with E-state index in [0.717, 1.165) is 33.6 Å². The summed E-state index contributed by atoms with van der Waals surface area (Å²) in [4.78, 5) is 8.83. The Bertz CT molecular complexity index is 980. The van der Waals surface area contributed by atoms with Gasteiger partial charge in [0, 0.05) is 5.56 Å². The van der Waals surface area contributed by atoms with Crippen molar-refractivity contribution in [2.24, 2.45) is 0 Å². The van der Waals surface area contributed by atoms with E-state index in [9.17, 15) is 0 Å². The van der Waals surface area contributed by atoms with Gasteiger partial charge < -0.3 is 9.26 Å². The van der Waals surface area contributed by atoms with E-state index >= 15 is 0 Å². The molecular formula is C19H15N3O2. The van der Waals surface area contributed by atoms with Crippen molar-refractivity contribution in [2.45, 2.75) is 13.5 Å². The highest BCUT2D eigenvalue weighted by Gasteiger charge is 2.15. The SMILES string of the molecule is Cc1onc(-c2ccccc2)c1COc1cnc2ccccc2n1. The van der Waals surface area contributed by atoms with Crippen LogP contribution >= 0.6 is 0 Å². The number of benzene rings is 2. The van der Waals surface area contributed by atoms with Gasteiger partial charge in [0.05, 0.1) is 22.8 Å². The summed E-state index contributed by atoms with van der Waals surface area (Å²) in [5, 5.41) is 4.16. The fourth-order valence-corrected chi connectivity index (χ4v) is 2.54. The minimum Gasteiger partial charge on any atom is -0.471 e. The van der Waals surface area contributed by atoms with Crippen molar-refractivity contribution in [1.82, 2.24) is 15.1 Å². The number of hydrogen-bond donors (Lipinski definition) is 0. The van der Waals surface area contributed by atoms with Crippen molar-refractivity contribution in [2.75, 3.05) is 0 Å². The molecule has 0 aliphatic heterocycles. The van der Waals surface area contributed by atoms with Crippen molar-refractivity contribution in [3.63, 3.8) is 0 Å². The number of aromatic nitrogens is 3. The van der Waals surface area contributed by atoms with Crippen LogP contribution in [0.1, 0.15) is 11.3 Å². The van der Waals surface area contributed by atoms with Gasteiger partial charge in [0.1, 0.15) is 18.1 Å². The lowest BCUT2D eigenvalue weighted by atomic mass is 10.1. The molecule has 2 aromatic carbocycles. The van der Waals surface area contributed by atoms with E-state index in [-0.39, 0.29) is 0 Å². The van der Waals surface area contributed by atoms with Crippen molar-refractivity contribution < 1.29 is 9.26 Å². The van der Waals surface area contributed by atoms with Gasteiger partial charge in [-0.3, -0.25) is 0 Å². The summed E-state index contributed by atoms with van der Waals surface area (Å²) >= 11 is 0. The molecule has 0 unspecified atom stereocenters. The Morgan fingerprint density at radius 1 is 0.958 bits per heavy atom. The average Bonchev–Trinajstić information content (AvgIpc) is 3.01. The zero-order chi connectivity index (χ0) is 16.4. The van der Waals surface area contributed by atoms with E-state index in [2.05, 4.69) is 15.1 Å². The lowest BCUT2D eigenvalue weighted by Crippen LogP contribution is -2.00. The molecule has 0 saturated carbocycles. The Labute approximate surface area is 138 Å². The van der Waals surface area contributed by atoms with Gasteiger partial charge in [-0.05, 0) is 19.1 Å². The van der Waals surface area contributed by atoms with Crippen LogP contribution in [0.5, 0.6) is 5.88 Å². The molecule has 0 radical (unpaired) electrons. The maximum atomic E-state index is 5.83. The molecule has 0 spiro atoms. The Hall–Kier alpha value is -3.21. The Balaban J connectivity index is 1.60. The van der Waals surface area contributed by atoms with Crippen molar-refractivity contribution in [3.8, 4) is 17.1 Å². The highest BCUT2D eigenvalue weighted by molar-refractivity contribution is 5.74. The molecule has 0 fully saturated rings. The van der Waals surface area contributed by atoms with E-state index in [4.69, 9.17) is 9.26 Å². The Morgan fingerprint density at radius 2 is 1.71 bits per heavy atom. The Morgan fingerprint density at radius 3 is 2.54 bits per heavy atom. The van der Waals surface area contributed by atoms with Crippen LogP contribution in [0.15, 0.2) is 65.3 Å². The number of hydrogen-bond acceptors (Lipinski definition) is 5. The van der Waals surface area contributed by atoms with E-state index in [0.29, 0.717) is 12.5 Å². The summed E-state index contributed by atoms with van der Waals surface area (Å²) in [6, 6.07) is 17.6. The van der Waals surface area contributed by atoms with Crippen molar-refractivity contribution in [3.05, 3.63) is 72.1 Å². The molecule has 2 aromatic heterocycles. The van der Waals surface area contributed by atoms with E-state index in [1.807, 2.05) is 61.5 Å². The lowest BCUT2D eigenvalue weighted by Gasteiger charge is -2.06. The molecule has 4 rings (SSSR count). The quantitative estimate of drug-likeness (QED) is 0.565. The summed E-state index contributed by atoms with van der Waals surface area (Å²) in [6.45, 7) is 2.21. The van der Waals surface area contributed by atoms with Crippen LogP contribution in [0.4, 0.5) is 0 Å². The van der Waals surface area contributed by atoms with Crippen LogP contribution in [0.2, 0.25) is 0 Å². The number of para-hydroxylation sites is 2. The maximum Gasteiger partial charge on any atom is 0.233 e. The Kier molecular flexibility index (Phi) is 3.67. The van der Waals surface area contributed by atoms with E-state index < -0.39 is 0 Å². The first-order chi connectivity index (χ1) is 11.8. The zero-order valence-corrected chi connectivity index (χ0v) is 13.1. The first-order valence-corrected chi connectivity index (χ1v) is 7.66. The van der Waals surface area contributed by atoms with Crippen LogP contribution in [-0.4, -0.2) is 15.1 Å². The topological polar surface area (TPSA) is 61.0 Å². The molecule has 2 heterocycles.